The molecule has 8 nitrogen and oxygen atoms in total. The standard InChI is InChI=1S/C17H19N5O3/c1-25-17(24)21-10-2-4-11(5-3-10)22-14(23)9-19-13-8-20-16-12(15(13)22)6-7-18-16/h6-11H,2-5H2,1H3,(H,18,20)(H,21,24)/t10-,11-. The van der Waals surface area contributed by atoms with Gasteiger partial charge in [-0.1, -0.05) is 0 Å². The second kappa shape index (κ2) is 6.19. The normalized spacial score (nSPS) is 20.7. The summed E-state index contributed by atoms with van der Waals surface area (Å²) in [6.07, 6.45) is 7.68. The van der Waals surface area contributed by atoms with Gasteiger partial charge in [-0.25, -0.2) is 14.8 Å². The van der Waals surface area contributed by atoms with Crippen LogP contribution < -0.4 is 10.9 Å². The number of carbonyl (C=O) groups is 1. The quantitative estimate of drug-likeness (QED) is 0.743. The van der Waals surface area contributed by atoms with Crippen molar-refractivity contribution in [3.05, 3.63) is 35.0 Å². The van der Waals surface area contributed by atoms with Crippen molar-refractivity contribution in [1.29, 1.82) is 0 Å². The van der Waals surface area contributed by atoms with Crippen molar-refractivity contribution in [3.8, 4) is 0 Å². The highest BCUT2D eigenvalue weighted by atomic mass is 16.5. The molecule has 3 aromatic rings. The summed E-state index contributed by atoms with van der Waals surface area (Å²) in [4.78, 5) is 35.6. The number of fused-ring (bicyclic) bond motifs is 3. The topological polar surface area (TPSA) is 102 Å². The molecule has 0 saturated heterocycles. The molecular formula is C17H19N5O3. The number of nitrogens with one attached hydrogen (secondary N) is 2. The fourth-order valence-corrected chi connectivity index (χ4v) is 3.69. The molecule has 0 aromatic carbocycles. The molecule has 4 rings (SSSR count). The number of aromatic nitrogens is 4. The molecular weight excluding hydrogens is 322 g/mol. The van der Waals surface area contributed by atoms with Gasteiger partial charge in [0.25, 0.3) is 5.56 Å². The number of hydrogen-bond donors (Lipinski definition) is 2. The van der Waals surface area contributed by atoms with E-state index in [0.29, 0.717) is 5.52 Å². The second-order valence-corrected chi connectivity index (χ2v) is 6.34. The van der Waals surface area contributed by atoms with Gasteiger partial charge in [0.1, 0.15) is 11.2 Å². The lowest BCUT2D eigenvalue weighted by atomic mass is 9.90. The van der Waals surface area contributed by atoms with E-state index >= 15 is 0 Å². The molecule has 25 heavy (non-hydrogen) atoms. The van der Waals surface area contributed by atoms with Crippen molar-refractivity contribution >= 4 is 28.2 Å². The summed E-state index contributed by atoms with van der Waals surface area (Å²) in [5.74, 6) is 0. The lowest BCUT2D eigenvalue weighted by Crippen LogP contribution is -2.39. The molecule has 0 aliphatic heterocycles. The minimum absolute atomic E-state index is 0.0780. The number of methoxy groups -OCH3 is 1. The summed E-state index contributed by atoms with van der Waals surface area (Å²) < 4.78 is 6.50. The van der Waals surface area contributed by atoms with Gasteiger partial charge in [-0.3, -0.25) is 4.79 Å². The third-order valence-electron chi connectivity index (χ3n) is 4.90. The Morgan fingerprint density at radius 3 is 2.84 bits per heavy atom. The van der Waals surface area contributed by atoms with Gasteiger partial charge >= 0.3 is 6.09 Å². The Morgan fingerprint density at radius 1 is 1.28 bits per heavy atom. The minimum atomic E-state index is -0.407. The molecule has 0 atom stereocenters. The number of aromatic amines is 1. The van der Waals surface area contributed by atoms with E-state index in [9.17, 15) is 9.59 Å². The lowest BCUT2D eigenvalue weighted by Gasteiger charge is -2.30. The molecule has 1 aliphatic carbocycles. The number of H-pyrrole nitrogens is 1. The number of alkyl carbamates (subject to hydrolysis) is 1. The number of amides is 1. The van der Waals surface area contributed by atoms with Crippen molar-refractivity contribution in [2.45, 2.75) is 37.8 Å². The molecule has 0 unspecified atom stereocenters. The third-order valence-corrected chi connectivity index (χ3v) is 4.90. The average molecular weight is 341 g/mol. The fourth-order valence-electron chi connectivity index (χ4n) is 3.69. The van der Waals surface area contributed by atoms with E-state index in [2.05, 4.69) is 25.0 Å². The molecule has 3 heterocycles. The minimum Gasteiger partial charge on any atom is -0.453 e. The Hall–Kier alpha value is -2.90. The van der Waals surface area contributed by atoms with E-state index in [1.165, 1.54) is 13.3 Å². The van der Waals surface area contributed by atoms with Crippen molar-refractivity contribution < 1.29 is 9.53 Å². The smallest absolute Gasteiger partial charge is 0.407 e. The summed E-state index contributed by atoms with van der Waals surface area (Å²) in [5, 5.41) is 3.74. The Bertz CT molecular complexity index is 985. The van der Waals surface area contributed by atoms with Gasteiger partial charge in [0.05, 0.1) is 25.0 Å². The number of nitrogens with zero attached hydrogens (tertiary/aromatic N) is 3. The first-order chi connectivity index (χ1) is 12.2. The second-order valence-electron chi connectivity index (χ2n) is 6.34. The van der Waals surface area contributed by atoms with Crippen LogP contribution in [0.2, 0.25) is 0 Å². The van der Waals surface area contributed by atoms with Crippen LogP contribution in [0.1, 0.15) is 31.7 Å². The van der Waals surface area contributed by atoms with Gasteiger partial charge in [0.15, 0.2) is 0 Å². The Labute approximate surface area is 143 Å². The zero-order valence-corrected chi connectivity index (χ0v) is 13.9. The SMILES string of the molecule is COC(=O)N[C@H]1CC[C@H](n2c(=O)cnc3cnc4[nH]ccc4c32)CC1. The van der Waals surface area contributed by atoms with Crippen molar-refractivity contribution in [2.75, 3.05) is 7.11 Å². The van der Waals surface area contributed by atoms with Gasteiger partial charge in [0, 0.05) is 23.7 Å². The van der Waals surface area contributed by atoms with Crippen molar-refractivity contribution in [1.82, 2.24) is 24.8 Å². The predicted octanol–water partition coefficient (Wildman–Crippen LogP) is 2.11. The van der Waals surface area contributed by atoms with E-state index in [0.717, 1.165) is 42.2 Å². The van der Waals surface area contributed by atoms with Gasteiger partial charge in [-0.15, -0.1) is 0 Å². The molecule has 0 spiro atoms. The van der Waals surface area contributed by atoms with Crippen LogP contribution in [0.4, 0.5) is 4.79 Å². The molecule has 130 valence electrons. The van der Waals surface area contributed by atoms with Gasteiger partial charge in [0.2, 0.25) is 0 Å². The summed E-state index contributed by atoms with van der Waals surface area (Å²) in [5.41, 5.74) is 2.17. The van der Waals surface area contributed by atoms with Crippen LogP contribution in [0.15, 0.2) is 29.5 Å². The third kappa shape index (κ3) is 2.73. The molecule has 1 saturated carbocycles. The van der Waals surface area contributed by atoms with Gasteiger partial charge in [-0.05, 0) is 31.7 Å². The first kappa shape index (κ1) is 15.6. The Balaban J connectivity index is 1.70. The van der Waals surface area contributed by atoms with Crippen molar-refractivity contribution in [3.63, 3.8) is 0 Å². The first-order valence-electron chi connectivity index (χ1n) is 8.35. The number of carbonyl (C=O) groups excluding carboxylic acids is 1. The highest BCUT2D eigenvalue weighted by molar-refractivity contribution is 6.00. The molecule has 3 aromatic heterocycles. The highest BCUT2D eigenvalue weighted by Gasteiger charge is 2.26. The molecule has 1 fully saturated rings. The van der Waals surface area contributed by atoms with E-state index in [4.69, 9.17) is 0 Å². The van der Waals surface area contributed by atoms with Crippen LogP contribution in [-0.2, 0) is 4.74 Å². The van der Waals surface area contributed by atoms with E-state index in [-0.39, 0.29) is 17.6 Å². The average Bonchev–Trinajstić information content (AvgIpc) is 3.11. The van der Waals surface area contributed by atoms with Crippen LogP contribution in [0.3, 0.4) is 0 Å². The maximum atomic E-state index is 12.6. The van der Waals surface area contributed by atoms with E-state index in [1.54, 1.807) is 6.20 Å². The molecule has 2 N–H and O–H groups in total. The number of pyridine rings is 1. The summed E-state index contributed by atoms with van der Waals surface area (Å²) >= 11 is 0. The monoisotopic (exact) mass is 341 g/mol. The number of ether oxygens (including phenoxy) is 1. The summed E-state index contributed by atoms with van der Waals surface area (Å²) in [7, 11) is 1.36. The maximum absolute atomic E-state index is 12.6. The maximum Gasteiger partial charge on any atom is 0.407 e. The van der Waals surface area contributed by atoms with Gasteiger partial charge < -0.3 is 19.6 Å². The van der Waals surface area contributed by atoms with Crippen LogP contribution in [-0.4, -0.2) is 38.8 Å². The zero-order chi connectivity index (χ0) is 17.4. The molecule has 0 bridgehead atoms. The predicted molar refractivity (Wildman–Crippen MR) is 92.5 cm³/mol. The largest absolute Gasteiger partial charge is 0.453 e. The number of rotatable bonds is 2. The van der Waals surface area contributed by atoms with Crippen LogP contribution in [0.25, 0.3) is 22.1 Å². The Kier molecular flexibility index (Phi) is 3.87. The zero-order valence-electron chi connectivity index (χ0n) is 13.9. The molecule has 1 amide bonds. The fraction of sp³-hybridized carbons (Fsp3) is 0.412. The van der Waals surface area contributed by atoms with Crippen molar-refractivity contribution in [2.24, 2.45) is 0 Å². The summed E-state index contributed by atoms with van der Waals surface area (Å²) in [6.45, 7) is 0. The van der Waals surface area contributed by atoms with Gasteiger partial charge in [-0.2, -0.15) is 0 Å². The summed E-state index contributed by atoms with van der Waals surface area (Å²) in [6, 6.07) is 2.09. The van der Waals surface area contributed by atoms with E-state index in [1.807, 2.05) is 16.8 Å². The molecule has 8 heteroatoms. The van der Waals surface area contributed by atoms with E-state index < -0.39 is 6.09 Å². The Morgan fingerprint density at radius 2 is 2.08 bits per heavy atom. The molecule has 1 aliphatic rings. The highest BCUT2D eigenvalue weighted by Crippen LogP contribution is 2.31. The van der Waals surface area contributed by atoms with Crippen LogP contribution in [0.5, 0.6) is 0 Å². The lowest BCUT2D eigenvalue weighted by molar-refractivity contribution is 0.160. The van der Waals surface area contributed by atoms with Crippen LogP contribution >= 0.6 is 0 Å². The first-order valence-corrected chi connectivity index (χ1v) is 8.35. The van der Waals surface area contributed by atoms with Crippen LogP contribution in [0, 0.1) is 0 Å². The number of hydrogen-bond acceptors (Lipinski definition) is 5. The molecule has 0 radical (unpaired) electrons.